The summed E-state index contributed by atoms with van der Waals surface area (Å²) in [6.07, 6.45) is 52.4. The Kier molecular flexibility index (Phi) is 48.1. The van der Waals surface area contributed by atoms with Crippen molar-refractivity contribution in [3.63, 3.8) is 0 Å². The molecule has 0 N–H and O–H groups in total. The molecule has 6 heteroatoms. The third kappa shape index (κ3) is 49.3. The Morgan fingerprint density at radius 1 is 0.311 bits per heavy atom. The fraction of sp³-hybridized carbons (Fsp3) is 0.945. The van der Waals surface area contributed by atoms with E-state index in [1.807, 2.05) is 0 Å². The van der Waals surface area contributed by atoms with Crippen LogP contribution >= 0.6 is 0 Å². The number of carbonyl (C=O) groups is 3. The SMILES string of the molecule is CCCCCCCCCCCCCCCCCCCCCC(=O)O[C@@H](COC(=O)CCCCCCCCCCCCCCCC)COC(=O)CCCCCCCCCC(C)C. The van der Waals surface area contributed by atoms with Crippen LogP contribution in [0.1, 0.15) is 310 Å². The first kappa shape index (κ1) is 59.4. The van der Waals surface area contributed by atoms with Gasteiger partial charge in [-0.1, -0.05) is 272 Å². The molecule has 0 amide bonds. The van der Waals surface area contributed by atoms with Crippen LogP contribution in [0.2, 0.25) is 0 Å². The van der Waals surface area contributed by atoms with Gasteiger partial charge in [-0.3, -0.25) is 14.4 Å². The Hall–Kier alpha value is -1.59. The van der Waals surface area contributed by atoms with Crippen LogP contribution in [0.3, 0.4) is 0 Å². The molecule has 0 saturated heterocycles. The molecule has 61 heavy (non-hydrogen) atoms. The van der Waals surface area contributed by atoms with Crippen LogP contribution in [0.15, 0.2) is 0 Å². The van der Waals surface area contributed by atoms with Crippen molar-refractivity contribution in [2.24, 2.45) is 5.92 Å². The average Bonchev–Trinajstić information content (AvgIpc) is 3.24. The smallest absolute Gasteiger partial charge is 0.306 e. The highest BCUT2D eigenvalue weighted by molar-refractivity contribution is 5.71. The van der Waals surface area contributed by atoms with E-state index in [9.17, 15) is 14.4 Å². The van der Waals surface area contributed by atoms with E-state index >= 15 is 0 Å². The monoisotopic (exact) mass is 863 g/mol. The van der Waals surface area contributed by atoms with Crippen LogP contribution in [-0.4, -0.2) is 37.2 Å². The maximum Gasteiger partial charge on any atom is 0.306 e. The molecule has 0 aromatic heterocycles. The molecule has 0 aromatic carbocycles. The number of carbonyl (C=O) groups excluding carboxylic acids is 3. The van der Waals surface area contributed by atoms with E-state index in [2.05, 4.69) is 27.7 Å². The lowest BCUT2D eigenvalue weighted by Gasteiger charge is -2.18. The van der Waals surface area contributed by atoms with Gasteiger partial charge in [-0.25, -0.2) is 0 Å². The Balaban J connectivity index is 4.25. The van der Waals surface area contributed by atoms with Gasteiger partial charge >= 0.3 is 17.9 Å². The fourth-order valence-electron chi connectivity index (χ4n) is 8.39. The van der Waals surface area contributed by atoms with E-state index in [4.69, 9.17) is 14.2 Å². The quantitative estimate of drug-likeness (QED) is 0.0344. The van der Waals surface area contributed by atoms with Crippen molar-refractivity contribution in [3.8, 4) is 0 Å². The molecule has 0 aliphatic heterocycles. The summed E-state index contributed by atoms with van der Waals surface area (Å²) in [5.74, 6) is -0.0624. The summed E-state index contributed by atoms with van der Waals surface area (Å²) >= 11 is 0. The van der Waals surface area contributed by atoms with Gasteiger partial charge in [0.25, 0.3) is 0 Å². The van der Waals surface area contributed by atoms with Gasteiger partial charge < -0.3 is 14.2 Å². The second kappa shape index (κ2) is 49.4. The van der Waals surface area contributed by atoms with Gasteiger partial charge in [-0.05, 0) is 25.2 Å². The summed E-state index contributed by atoms with van der Waals surface area (Å²) in [5, 5.41) is 0. The fourth-order valence-corrected chi connectivity index (χ4v) is 8.39. The van der Waals surface area contributed by atoms with Gasteiger partial charge in [0.1, 0.15) is 13.2 Å². The van der Waals surface area contributed by atoms with Crippen LogP contribution in [0.4, 0.5) is 0 Å². The van der Waals surface area contributed by atoms with E-state index in [-0.39, 0.29) is 31.1 Å². The Bertz CT molecular complexity index is 918. The lowest BCUT2D eigenvalue weighted by Crippen LogP contribution is -2.30. The Morgan fingerprint density at radius 2 is 0.541 bits per heavy atom. The van der Waals surface area contributed by atoms with Crippen molar-refractivity contribution in [2.75, 3.05) is 13.2 Å². The van der Waals surface area contributed by atoms with Crippen molar-refractivity contribution in [2.45, 2.75) is 316 Å². The van der Waals surface area contributed by atoms with Gasteiger partial charge in [0, 0.05) is 19.3 Å². The number of hydrogen-bond acceptors (Lipinski definition) is 6. The summed E-state index contributed by atoms with van der Waals surface area (Å²) in [6, 6.07) is 0. The van der Waals surface area contributed by atoms with Gasteiger partial charge in [0.2, 0.25) is 0 Å². The molecule has 0 fully saturated rings. The summed E-state index contributed by atoms with van der Waals surface area (Å²) in [6.45, 7) is 8.99. The van der Waals surface area contributed by atoms with Gasteiger partial charge in [0.05, 0.1) is 0 Å². The molecule has 0 unspecified atom stereocenters. The zero-order valence-corrected chi connectivity index (χ0v) is 41.6. The highest BCUT2D eigenvalue weighted by Crippen LogP contribution is 2.17. The summed E-state index contributed by atoms with van der Waals surface area (Å²) in [7, 11) is 0. The van der Waals surface area contributed by atoms with E-state index in [1.165, 1.54) is 205 Å². The standard InChI is InChI=1S/C55H106O6/c1-5-7-9-11-13-15-17-19-21-22-23-24-25-27-29-31-35-40-44-48-55(58)61-52(50-60-54(57)47-43-39-36-32-33-37-41-45-51(3)4)49-59-53(56)46-42-38-34-30-28-26-20-18-16-14-12-10-8-6-2/h51-52H,5-50H2,1-4H3/t52-/m0/s1. The van der Waals surface area contributed by atoms with E-state index in [0.29, 0.717) is 19.3 Å². The number of hydrogen-bond donors (Lipinski definition) is 0. The maximum atomic E-state index is 12.8. The van der Waals surface area contributed by atoms with Crippen molar-refractivity contribution in [1.82, 2.24) is 0 Å². The maximum absolute atomic E-state index is 12.8. The molecule has 0 bridgehead atoms. The molecule has 0 aliphatic carbocycles. The largest absolute Gasteiger partial charge is 0.462 e. The predicted octanol–water partition coefficient (Wildman–Crippen LogP) is 17.8. The van der Waals surface area contributed by atoms with Crippen LogP contribution in [0.5, 0.6) is 0 Å². The first-order valence-electron chi connectivity index (χ1n) is 27.4. The van der Waals surface area contributed by atoms with E-state index in [1.54, 1.807) is 0 Å². The number of rotatable bonds is 50. The first-order valence-corrected chi connectivity index (χ1v) is 27.4. The van der Waals surface area contributed by atoms with Crippen LogP contribution < -0.4 is 0 Å². The molecular formula is C55H106O6. The van der Waals surface area contributed by atoms with Crippen molar-refractivity contribution in [3.05, 3.63) is 0 Å². The van der Waals surface area contributed by atoms with E-state index < -0.39 is 6.10 Å². The van der Waals surface area contributed by atoms with Crippen molar-refractivity contribution >= 4 is 17.9 Å². The molecule has 0 rings (SSSR count). The summed E-state index contributed by atoms with van der Waals surface area (Å²) < 4.78 is 16.8. The molecule has 0 heterocycles. The second-order valence-corrected chi connectivity index (χ2v) is 19.3. The molecule has 0 radical (unpaired) electrons. The molecule has 0 aromatic rings. The highest BCUT2D eigenvalue weighted by atomic mass is 16.6. The van der Waals surface area contributed by atoms with Crippen molar-refractivity contribution < 1.29 is 28.6 Å². The summed E-state index contributed by atoms with van der Waals surface area (Å²) in [5.41, 5.74) is 0. The van der Waals surface area contributed by atoms with Crippen LogP contribution in [-0.2, 0) is 28.6 Å². The summed E-state index contributed by atoms with van der Waals surface area (Å²) in [4.78, 5) is 38.0. The van der Waals surface area contributed by atoms with Crippen molar-refractivity contribution in [1.29, 1.82) is 0 Å². The third-order valence-corrected chi connectivity index (χ3v) is 12.5. The van der Waals surface area contributed by atoms with Gasteiger partial charge in [-0.15, -0.1) is 0 Å². The normalized spacial score (nSPS) is 12.0. The van der Waals surface area contributed by atoms with Gasteiger partial charge in [-0.2, -0.15) is 0 Å². The van der Waals surface area contributed by atoms with Gasteiger partial charge in [0.15, 0.2) is 6.10 Å². The molecule has 6 nitrogen and oxygen atoms in total. The minimum absolute atomic E-state index is 0.0630. The second-order valence-electron chi connectivity index (χ2n) is 19.3. The topological polar surface area (TPSA) is 78.9 Å². The Labute approximate surface area is 380 Å². The van der Waals surface area contributed by atoms with Crippen LogP contribution in [0, 0.1) is 5.92 Å². The molecule has 1 atom stereocenters. The lowest BCUT2D eigenvalue weighted by molar-refractivity contribution is -0.167. The highest BCUT2D eigenvalue weighted by Gasteiger charge is 2.19. The lowest BCUT2D eigenvalue weighted by atomic mass is 10.0. The molecular weight excluding hydrogens is 757 g/mol. The Morgan fingerprint density at radius 3 is 0.803 bits per heavy atom. The predicted molar refractivity (Wildman–Crippen MR) is 261 cm³/mol. The number of esters is 3. The molecule has 0 spiro atoms. The van der Waals surface area contributed by atoms with Crippen LogP contribution in [0.25, 0.3) is 0 Å². The zero-order valence-electron chi connectivity index (χ0n) is 41.6. The minimum atomic E-state index is -0.761. The zero-order chi connectivity index (χ0) is 44.5. The molecule has 362 valence electrons. The minimum Gasteiger partial charge on any atom is -0.462 e. The number of unbranched alkanes of at least 4 members (excludes halogenated alkanes) is 37. The third-order valence-electron chi connectivity index (χ3n) is 12.5. The number of ether oxygens (including phenoxy) is 3. The van der Waals surface area contributed by atoms with E-state index in [0.717, 1.165) is 63.7 Å². The molecule has 0 aliphatic rings. The first-order chi connectivity index (χ1) is 29.9. The molecule has 0 saturated carbocycles. The average molecular weight is 863 g/mol.